The van der Waals surface area contributed by atoms with Gasteiger partial charge in [0.25, 0.3) is 5.91 Å². The Morgan fingerprint density at radius 3 is 2.33 bits per heavy atom. The van der Waals surface area contributed by atoms with E-state index in [9.17, 15) is 14.4 Å². The quantitative estimate of drug-likeness (QED) is 0.339. The first-order valence-corrected chi connectivity index (χ1v) is 10.6. The molecule has 1 aromatic heterocycles. The molecule has 4 N–H and O–H groups in total. The van der Waals surface area contributed by atoms with E-state index in [1.807, 2.05) is 54.9 Å². The van der Waals surface area contributed by atoms with Crippen LogP contribution in [-0.4, -0.2) is 52.3 Å². The summed E-state index contributed by atoms with van der Waals surface area (Å²) in [5.74, 6) is -1.63. The van der Waals surface area contributed by atoms with Gasteiger partial charge in [0, 0.05) is 19.5 Å². The maximum Gasteiger partial charge on any atom is 0.318 e. The van der Waals surface area contributed by atoms with Crippen molar-refractivity contribution in [1.82, 2.24) is 15.7 Å². The van der Waals surface area contributed by atoms with E-state index < -0.39 is 23.9 Å². The first-order valence-electron chi connectivity index (χ1n) is 9.62. The van der Waals surface area contributed by atoms with Gasteiger partial charge >= 0.3 is 12.0 Å². The van der Waals surface area contributed by atoms with Crippen molar-refractivity contribution in [2.45, 2.75) is 32.7 Å². The normalized spacial score (nSPS) is 11.7. The fourth-order valence-electron chi connectivity index (χ4n) is 2.97. The minimum Gasteiger partial charge on any atom is -0.481 e. The van der Waals surface area contributed by atoms with Crippen LogP contribution in [0, 0.1) is 5.92 Å². The highest BCUT2D eigenvalue weighted by Gasteiger charge is 2.24. The maximum atomic E-state index is 12.7. The molecule has 3 amide bonds. The van der Waals surface area contributed by atoms with Gasteiger partial charge < -0.3 is 15.3 Å². The zero-order valence-electron chi connectivity index (χ0n) is 17.0. The summed E-state index contributed by atoms with van der Waals surface area (Å²) in [7, 11) is 0. The molecule has 0 aliphatic carbocycles. The van der Waals surface area contributed by atoms with Gasteiger partial charge in [0.2, 0.25) is 0 Å². The SMILES string of the molecule is CC(C)CN(CCC(=O)O)C(=O)N[C@@H](Cc1ccc(-c2ccsc2)cc1)C(=O)NO. The number of carbonyl (C=O) groups is 3. The lowest BCUT2D eigenvalue weighted by molar-refractivity contribution is -0.137. The predicted molar refractivity (Wildman–Crippen MR) is 114 cm³/mol. The van der Waals surface area contributed by atoms with Crippen LogP contribution in [-0.2, 0) is 16.0 Å². The molecule has 0 saturated carbocycles. The van der Waals surface area contributed by atoms with Crippen LogP contribution in [0.25, 0.3) is 11.1 Å². The minimum atomic E-state index is -1.01. The van der Waals surface area contributed by atoms with Crippen LogP contribution in [0.1, 0.15) is 25.8 Å². The summed E-state index contributed by atoms with van der Waals surface area (Å²) in [6, 6.07) is 8.07. The Labute approximate surface area is 179 Å². The van der Waals surface area contributed by atoms with Crippen molar-refractivity contribution < 1.29 is 24.7 Å². The second-order valence-corrected chi connectivity index (χ2v) is 8.15. The van der Waals surface area contributed by atoms with Crippen LogP contribution in [0.15, 0.2) is 41.1 Å². The van der Waals surface area contributed by atoms with Gasteiger partial charge in [-0.2, -0.15) is 11.3 Å². The molecule has 0 spiro atoms. The maximum absolute atomic E-state index is 12.7. The summed E-state index contributed by atoms with van der Waals surface area (Å²) in [5, 5.41) is 24.6. The Morgan fingerprint density at radius 2 is 1.80 bits per heavy atom. The molecule has 0 bridgehead atoms. The minimum absolute atomic E-state index is 0.0299. The van der Waals surface area contributed by atoms with Crippen molar-refractivity contribution in [3.63, 3.8) is 0 Å². The van der Waals surface area contributed by atoms with Crippen molar-refractivity contribution in [3.05, 3.63) is 46.7 Å². The molecule has 0 aliphatic heterocycles. The van der Waals surface area contributed by atoms with Gasteiger partial charge in [-0.1, -0.05) is 38.1 Å². The molecule has 1 atom stereocenters. The van der Waals surface area contributed by atoms with E-state index in [-0.39, 0.29) is 25.3 Å². The molecule has 1 heterocycles. The number of rotatable bonds is 10. The number of thiophene rings is 1. The number of carboxylic acid groups (broad SMARTS) is 1. The second kappa shape index (κ2) is 11.3. The van der Waals surface area contributed by atoms with Gasteiger partial charge in [0.15, 0.2) is 0 Å². The first kappa shape index (κ1) is 23.4. The summed E-state index contributed by atoms with van der Waals surface area (Å²) in [5.41, 5.74) is 4.55. The van der Waals surface area contributed by atoms with Gasteiger partial charge in [-0.25, -0.2) is 10.3 Å². The van der Waals surface area contributed by atoms with E-state index in [2.05, 4.69) is 5.32 Å². The standard InChI is InChI=1S/C21H27N3O5S/c1-14(2)12-24(9-7-19(25)26)21(28)22-18(20(27)23-29)11-15-3-5-16(6-4-15)17-8-10-30-13-17/h3-6,8,10,13-14,18,29H,7,9,11-12H2,1-2H3,(H,22,28)(H,23,27)(H,25,26)/t18-/m0/s1. The topological polar surface area (TPSA) is 119 Å². The molecule has 0 fully saturated rings. The van der Waals surface area contributed by atoms with Crippen molar-refractivity contribution in [3.8, 4) is 11.1 Å². The molecule has 0 saturated heterocycles. The number of amides is 3. The lowest BCUT2D eigenvalue weighted by Gasteiger charge is -2.27. The Hall–Kier alpha value is -2.91. The number of aliphatic carboxylic acids is 1. The van der Waals surface area contributed by atoms with Crippen molar-refractivity contribution in [2.75, 3.05) is 13.1 Å². The molecule has 1 aromatic carbocycles. The summed E-state index contributed by atoms with van der Waals surface area (Å²) in [4.78, 5) is 37.1. The number of nitrogens with one attached hydrogen (secondary N) is 2. The number of urea groups is 1. The first-order chi connectivity index (χ1) is 14.3. The third kappa shape index (κ3) is 7.16. The molecule has 2 rings (SSSR count). The second-order valence-electron chi connectivity index (χ2n) is 7.37. The fourth-order valence-corrected chi connectivity index (χ4v) is 3.64. The highest BCUT2D eigenvalue weighted by Crippen LogP contribution is 2.22. The zero-order valence-corrected chi connectivity index (χ0v) is 17.8. The van der Waals surface area contributed by atoms with Crippen LogP contribution in [0.2, 0.25) is 0 Å². The summed E-state index contributed by atoms with van der Waals surface area (Å²) in [6.45, 7) is 4.20. The average molecular weight is 434 g/mol. The molecular formula is C21H27N3O5S. The van der Waals surface area contributed by atoms with Crippen LogP contribution in [0.4, 0.5) is 4.79 Å². The molecule has 8 nitrogen and oxygen atoms in total. The van der Waals surface area contributed by atoms with Gasteiger partial charge in [0.05, 0.1) is 6.42 Å². The van der Waals surface area contributed by atoms with Gasteiger partial charge in [0.1, 0.15) is 6.04 Å². The van der Waals surface area contributed by atoms with E-state index in [1.165, 1.54) is 4.90 Å². The number of carbonyl (C=O) groups excluding carboxylic acids is 2. The van der Waals surface area contributed by atoms with E-state index >= 15 is 0 Å². The summed E-state index contributed by atoms with van der Waals surface area (Å²) < 4.78 is 0. The van der Waals surface area contributed by atoms with Crippen LogP contribution >= 0.6 is 11.3 Å². The molecule has 0 radical (unpaired) electrons. The largest absolute Gasteiger partial charge is 0.481 e. The van der Waals surface area contributed by atoms with E-state index in [4.69, 9.17) is 10.3 Å². The molecule has 0 unspecified atom stereocenters. The van der Waals surface area contributed by atoms with Crippen molar-refractivity contribution in [2.24, 2.45) is 5.92 Å². The fraction of sp³-hybridized carbons (Fsp3) is 0.381. The Balaban J connectivity index is 2.09. The molecule has 30 heavy (non-hydrogen) atoms. The Kier molecular flexibility index (Phi) is 8.82. The number of benzene rings is 1. The highest BCUT2D eigenvalue weighted by molar-refractivity contribution is 7.08. The number of carboxylic acids is 1. The van der Waals surface area contributed by atoms with Crippen molar-refractivity contribution >= 4 is 29.2 Å². The summed E-state index contributed by atoms with van der Waals surface area (Å²) in [6.07, 6.45) is -0.0163. The lowest BCUT2D eigenvalue weighted by atomic mass is 10.0. The molecule has 162 valence electrons. The van der Waals surface area contributed by atoms with E-state index in [1.54, 1.807) is 16.8 Å². The smallest absolute Gasteiger partial charge is 0.318 e. The van der Waals surface area contributed by atoms with E-state index in [0.717, 1.165) is 16.7 Å². The third-order valence-corrected chi connectivity index (χ3v) is 5.12. The van der Waals surface area contributed by atoms with Crippen LogP contribution in [0.5, 0.6) is 0 Å². The molecule has 2 aromatic rings. The molecule has 0 aliphatic rings. The van der Waals surface area contributed by atoms with Crippen molar-refractivity contribution in [1.29, 1.82) is 0 Å². The molecule has 9 heteroatoms. The number of hydrogen-bond acceptors (Lipinski definition) is 5. The highest BCUT2D eigenvalue weighted by atomic mass is 32.1. The lowest BCUT2D eigenvalue weighted by Crippen LogP contribution is -2.52. The average Bonchev–Trinajstić information content (AvgIpc) is 3.25. The Morgan fingerprint density at radius 1 is 1.10 bits per heavy atom. The number of hydrogen-bond donors (Lipinski definition) is 4. The van der Waals surface area contributed by atoms with Gasteiger partial charge in [-0.05, 0) is 39.4 Å². The number of nitrogens with zero attached hydrogens (tertiary/aromatic N) is 1. The van der Waals surface area contributed by atoms with Crippen LogP contribution in [0.3, 0.4) is 0 Å². The van der Waals surface area contributed by atoms with E-state index in [0.29, 0.717) is 6.54 Å². The molecular weight excluding hydrogens is 406 g/mol. The van der Waals surface area contributed by atoms with Crippen LogP contribution < -0.4 is 10.8 Å². The van der Waals surface area contributed by atoms with Gasteiger partial charge in [-0.15, -0.1) is 0 Å². The third-order valence-electron chi connectivity index (χ3n) is 4.44. The summed E-state index contributed by atoms with van der Waals surface area (Å²) >= 11 is 1.61. The monoisotopic (exact) mass is 433 g/mol. The number of hydroxylamine groups is 1. The Bertz CT molecular complexity index is 837. The zero-order chi connectivity index (χ0) is 22.1. The predicted octanol–water partition coefficient (Wildman–Crippen LogP) is 2.97. The van der Waals surface area contributed by atoms with Gasteiger partial charge in [-0.3, -0.25) is 14.8 Å².